The molecule has 0 radical (unpaired) electrons. The molecule has 7 rings (SSSR count). The first-order valence-corrected chi connectivity index (χ1v) is 45.1. The number of fused-ring (bicyclic) bond motifs is 7. The van der Waals surface area contributed by atoms with Gasteiger partial charge in [0.1, 0.15) is 84.0 Å². The van der Waals surface area contributed by atoms with Crippen LogP contribution in [0, 0.1) is 28.1 Å². The van der Waals surface area contributed by atoms with E-state index in [2.05, 4.69) is 95.4 Å². The van der Waals surface area contributed by atoms with Crippen LogP contribution in [0.1, 0.15) is 149 Å². The van der Waals surface area contributed by atoms with Gasteiger partial charge in [-0.05, 0) is 132 Å². The predicted octanol–water partition coefficient (Wildman–Crippen LogP) is -5.89. The molecule has 0 bridgehead atoms. The third-order valence-electron chi connectivity index (χ3n) is 22.5. The second-order valence-corrected chi connectivity index (χ2v) is 34.9. The summed E-state index contributed by atoms with van der Waals surface area (Å²) in [6, 6.07) is 1.66. The number of anilines is 2. The van der Waals surface area contributed by atoms with Gasteiger partial charge in [-0.15, -0.1) is 0 Å². The van der Waals surface area contributed by atoms with Crippen LogP contribution >= 0.6 is 0 Å². The highest BCUT2D eigenvalue weighted by molar-refractivity contribution is 6.05. The predicted molar refractivity (Wildman–Crippen MR) is 509 cm³/mol. The summed E-state index contributed by atoms with van der Waals surface area (Å²) in [5, 5.41) is 106. The highest BCUT2D eigenvalue weighted by atomic mass is 16.6. The molecule has 4 aromatic carbocycles. The summed E-state index contributed by atoms with van der Waals surface area (Å²) in [7, 11) is 7.39. The van der Waals surface area contributed by atoms with Crippen LogP contribution in [0.4, 0.5) is 11.4 Å². The van der Waals surface area contributed by atoms with E-state index in [1.807, 2.05) is 50.1 Å². The molecule has 33 N–H and O–H groups in total. The van der Waals surface area contributed by atoms with Gasteiger partial charge in [-0.25, -0.2) is 4.79 Å². The number of aliphatic carboxylic acids is 2. The topological polar surface area (TPSA) is 809 Å². The number of nitrogens with two attached hydrogens (primary N) is 4. The molecule has 51 nitrogen and oxygen atoms in total. The fraction of sp³-hybridized carbons (Fsp3) is 0.478. The molecule has 1 aromatic heterocycles. The second-order valence-electron chi connectivity index (χ2n) is 34.9. The summed E-state index contributed by atoms with van der Waals surface area (Å²) >= 11 is 0. The molecule has 2 aliphatic heterocycles. The van der Waals surface area contributed by atoms with Crippen LogP contribution in [0.5, 0.6) is 11.5 Å². The molecule has 766 valence electrons. The van der Waals surface area contributed by atoms with Crippen molar-refractivity contribution in [2.75, 3.05) is 77.3 Å². The van der Waals surface area contributed by atoms with Gasteiger partial charge in [0.05, 0.1) is 44.2 Å². The number of carboxylic acids is 2. The quantitative estimate of drug-likeness (QED) is 0.00746. The fourth-order valence-electron chi connectivity index (χ4n) is 15.1. The highest BCUT2D eigenvalue weighted by Gasteiger charge is 2.54. The summed E-state index contributed by atoms with van der Waals surface area (Å²) in [6.07, 6.45) is -3.96. The first-order chi connectivity index (χ1) is 66.4. The van der Waals surface area contributed by atoms with Crippen molar-refractivity contribution in [3.05, 3.63) is 118 Å². The fourth-order valence-corrected chi connectivity index (χ4v) is 15.1. The minimum absolute atomic E-state index is 0.00463. The van der Waals surface area contributed by atoms with E-state index in [9.17, 15) is 107 Å². The number of nitrogens with zero attached hydrogens (tertiary/aromatic N) is 2. The third-order valence-corrected chi connectivity index (χ3v) is 22.5. The number of primary amides is 1. The molecule has 15 amide bonds. The number of aromatic amines is 1. The van der Waals surface area contributed by atoms with Crippen molar-refractivity contribution in [3.63, 3.8) is 0 Å². The number of ether oxygens (including phenoxy) is 2. The number of amides is 15. The molecular formula is C90H127N27O24. The number of aromatic nitrogens is 1. The van der Waals surface area contributed by atoms with E-state index in [0.717, 1.165) is 18.3 Å². The van der Waals surface area contributed by atoms with Crippen molar-refractivity contribution >= 4 is 147 Å². The zero-order valence-corrected chi connectivity index (χ0v) is 79.7. The maximum atomic E-state index is 14.5. The van der Waals surface area contributed by atoms with Gasteiger partial charge < -0.3 is 158 Å². The molecule has 2 aliphatic rings. The van der Waals surface area contributed by atoms with Crippen LogP contribution in [-0.2, 0) is 93.5 Å². The van der Waals surface area contributed by atoms with Crippen molar-refractivity contribution in [2.24, 2.45) is 34.8 Å². The Labute approximate surface area is 809 Å². The van der Waals surface area contributed by atoms with Gasteiger partial charge in [0, 0.05) is 117 Å². The van der Waals surface area contributed by atoms with E-state index in [4.69, 9.17) is 48.6 Å². The van der Waals surface area contributed by atoms with E-state index >= 15 is 0 Å². The second kappa shape index (κ2) is 52.0. The molecule has 0 saturated heterocycles. The molecule has 5 aromatic rings. The average molecular weight is 1970 g/mol. The number of carbonyl (C=O) groups excluding carboxylic acids is 16. The Bertz CT molecular complexity index is 5430. The summed E-state index contributed by atoms with van der Waals surface area (Å²) in [5.41, 5.74) is 24.3. The lowest BCUT2D eigenvalue weighted by Crippen LogP contribution is -2.61. The van der Waals surface area contributed by atoms with Gasteiger partial charge in [0.2, 0.25) is 82.7 Å². The van der Waals surface area contributed by atoms with Gasteiger partial charge >= 0.3 is 17.9 Å². The molecule has 0 aliphatic carbocycles. The number of benzene rings is 4. The van der Waals surface area contributed by atoms with Crippen LogP contribution in [-0.4, -0.2) is 296 Å². The number of carbonyl (C=O) groups is 18. The molecule has 0 unspecified atom stereocenters. The lowest BCUT2D eigenvalue weighted by atomic mass is 9.77. The standard InChI is InChI=1S/C90H127N27O24/c1-42(2)31-60(112-84(137)71(43(3)4)114-79(132)58(20-15-29-99-88(94)95)107-73(126)45(6)105-83(136)64(41-118)113-74(127)44(5)104-75(128)47-22-25-52-55(32-47)90(141-86(52)139)53-26-23-49(116(8)9)34-65(53)140-66-35-50(117(10)11)24-27-54(66)90)81(134)111-62(36-69(122)123)77(130)103-40-68(121)106-63(37-70(124)125)82(135)108-59(21-16-30-100-89(96)97)80(133)115-72(46(7)119)85(138)109-57(19-14-28-98-87(92)93)78(131)110-61(76(129)102-39-67(91)120)33-48-38-101-56-18-13-12-17-51(48)56/h12-13,17-18,22-27,32,34-35,38,42-46,57-64,71-72,101,118-119H,14-16,19-21,28-31,33,36-37,39-41H2,1-11H3,(H2,91,120)(H,102,129)(H,103,130)(H,104,128)(H,105,136)(H,106,121)(H,107,126)(H,108,135)(H,109,138)(H,110,131)(H,111,134)(H,112,137)(H,113,127)(H,114,132)(H,115,133)(H,122,123)(H,124,125)(H4,92,93,98)(H4,94,95,99)(H4,96,97,100)/t44-,45-,46+,57-,58-,59-,60-,61-,62-,63-,64-,71-,72-/m0/s1. The molecule has 0 fully saturated rings. The van der Waals surface area contributed by atoms with Crippen LogP contribution in [0.3, 0.4) is 0 Å². The number of nitrogens with one attached hydrogen (secondary N) is 21. The molecule has 0 saturated carbocycles. The van der Waals surface area contributed by atoms with Crippen molar-refractivity contribution in [1.29, 1.82) is 16.2 Å². The number of hydrogen-bond donors (Lipinski definition) is 29. The van der Waals surface area contributed by atoms with Gasteiger partial charge in [-0.3, -0.25) is 97.7 Å². The van der Waals surface area contributed by atoms with Crippen molar-refractivity contribution < 1.29 is 116 Å². The lowest BCUT2D eigenvalue weighted by molar-refractivity contribution is -0.141. The van der Waals surface area contributed by atoms with E-state index < -0.39 is 259 Å². The number of carboxylic acid groups (broad SMARTS) is 2. The van der Waals surface area contributed by atoms with Crippen molar-refractivity contribution in [3.8, 4) is 11.5 Å². The van der Waals surface area contributed by atoms with Crippen molar-refractivity contribution in [2.45, 2.75) is 197 Å². The Hall–Kier alpha value is -16.0. The first kappa shape index (κ1) is 112. The largest absolute Gasteiger partial charge is 0.481 e. The minimum atomic E-state index is -2.11. The number of esters is 1. The highest BCUT2D eigenvalue weighted by Crippen LogP contribution is 2.57. The molecule has 13 atom stereocenters. The third kappa shape index (κ3) is 32.3. The van der Waals surface area contributed by atoms with E-state index in [1.165, 1.54) is 45.9 Å². The Morgan fingerprint density at radius 2 is 0.887 bits per heavy atom. The summed E-state index contributed by atoms with van der Waals surface area (Å²) < 4.78 is 12.8. The zero-order valence-electron chi connectivity index (χ0n) is 79.7. The minimum Gasteiger partial charge on any atom is -0.481 e. The SMILES string of the molecule is CC(C)C[C@H](NC(=O)[C@@H](NC(=O)[C@H](CCCNC(=N)N)NC(=O)[C@H](C)NC(=O)[C@H](CO)NC(=O)[C@H](C)NC(=O)c1ccc2c(c1)C1(OC2=O)c2ccc(N(C)C)cc2Oc2cc(N(C)C)ccc21)C(C)C)C(=O)N[C@@H](CC(=O)O)C(=O)NCC(=O)N[C@@H](CC(=O)O)C(=O)N[C@@H](CCCNC(=N)N)C(=O)N[C@H](C(=O)N[C@@H](CCCNC(=N)N)C(=O)N[C@@H](Cc1c[nH]c2ccccc12)C(=O)NCC(N)=O)[C@@H](C)O. The number of aliphatic hydroxyl groups excluding tert-OH is 2. The van der Waals surface area contributed by atoms with E-state index in [0.29, 0.717) is 44.7 Å². The summed E-state index contributed by atoms with van der Waals surface area (Å²) in [6.45, 7) is 6.80. The Kier molecular flexibility index (Phi) is 41.3. The smallest absolute Gasteiger partial charge is 0.340 e. The molecule has 51 heteroatoms. The van der Waals surface area contributed by atoms with Gasteiger partial charge in [0.25, 0.3) is 5.91 Å². The molecular weight excluding hydrogens is 1840 g/mol. The zero-order chi connectivity index (χ0) is 105. The maximum Gasteiger partial charge on any atom is 0.340 e. The van der Waals surface area contributed by atoms with E-state index in [-0.39, 0.29) is 75.7 Å². The number of para-hydroxylation sites is 1. The monoisotopic (exact) mass is 1970 g/mol. The molecule has 141 heavy (non-hydrogen) atoms. The van der Waals surface area contributed by atoms with E-state index in [1.54, 1.807) is 68.6 Å². The Morgan fingerprint density at radius 1 is 0.454 bits per heavy atom. The first-order valence-electron chi connectivity index (χ1n) is 45.1. The molecule has 3 heterocycles. The number of aliphatic hydroxyl groups is 2. The summed E-state index contributed by atoms with van der Waals surface area (Å²) in [5.74, 6) is -22.4. The van der Waals surface area contributed by atoms with Gasteiger partial charge in [-0.1, -0.05) is 45.9 Å². The van der Waals surface area contributed by atoms with Gasteiger partial charge in [0.15, 0.2) is 23.5 Å². The number of hydrogen-bond acceptors (Lipinski definition) is 27. The van der Waals surface area contributed by atoms with Crippen LogP contribution in [0.25, 0.3) is 10.9 Å². The maximum absolute atomic E-state index is 14.5. The Morgan fingerprint density at radius 3 is 1.38 bits per heavy atom. The summed E-state index contributed by atoms with van der Waals surface area (Å²) in [4.78, 5) is 255. The van der Waals surface area contributed by atoms with Gasteiger partial charge in [-0.2, -0.15) is 0 Å². The van der Waals surface area contributed by atoms with Crippen LogP contribution in [0.15, 0.2) is 85.1 Å². The number of rotatable bonds is 54. The normalized spacial score (nSPS) is 14.7. The van der Waals surface area contributed by atoms with Crippen LogP contribution < -0.4 is 128 Å². The lowest BCUT2D eigenvalue weighted by Gasteiger charge is -2.37. The Balaban J connectivity index is 0.982. The average Bonchev–Trinajstić information content (AvgIpc) is 1.56. The number of guanidine groups is 3. The van der Waals surface area contributed by atoms with Crippen molar-refractivity contribution in [1.82, 2.24) is 95.4 Å². The van der Waals surface area contributed by atoms with Crippen LogP contribution in [0.2, 0.25) is 0 Å². The molecule has 1 spiro atoms. The number of H-pyrrole nitrogens is 1.